The topological polar surface area (TPSA) is 70.8 Å². The lowest BCUT2D eigenvalue weighted by Gasteiger charge is -2.22. The molecule has 1 unspecified atom stereocenters. The molecule has 0 aromatic carbocycles. The van der Waals surface area contributed by atoms with Gasteiger partial charge in [-0.25, -0.2) is 0 Å². The van der Waals surface area contributed by atoms with Gasteiger partial charge in [-0.2, -0.15) is 0 Å². The number of rotatable bonds is 4. The van der Waals surface area contributed by atoms with Gasteiger partial charge in [-0.15, -0.1) is 6.58 Å². The van der Waals surface area contributed by atoms with E-state index in [1.807, 2.05) is 0 Å². The lowest BCUT2D eigenvalue weighted by atomic mass is 10.0. The minimum absolute atomic E-state index is 0.0665. The molecule has 1 aromatic rings. The molecule has 5 heteroatoms. The molecule has 1 atom stereocenters. The zero-order chi connectivity index (χ0) is 13.3. The quantitative estimate of drug-likeness (QED) is 0.823. The van der Waals surface area contributed by atoms with Crippen LogP contribution in [0.3, 0.4) is 0 Å². The zero-order valence-corrected chi connectivity index (χ0v) is 9.92. The van der Waals surface area contributed by atoms with Crippen molar-refractivity contribution >= 4 is 11.7 Å². The summed E-state index contributed by atoms with van der Waals surface area (Å²) in [5, 5.41) is 9.79. The summed E-state index contributed by atoms with van der Waals surface area (Å²) in [5.41, 5.74) is 0.0665. The van der Waals surface area contributed by atoms with E-state index in [1.165, 1.54) is 24.2 Å². The second kappa shape index (κ2) is 4.52. The van der Waals surface area contributed by atoms with Crippen LogP contribution < -0.4 is 0 Å². The van der Waals surface area contributed by atoms with Crippen LogP contribution in [0.4, 0.5) is 0 Å². The first-order valence-electron chi connectivity index (χ1n) is 5.47. The van der Waals surface area contributed by atoms with Crippen molar-refractivity contribution in [2.75, 3.05) is 6.54 Å². The summed E-state index contributed by atoms with van der Waals surface area (Å²) in [6.07, 6.45) is 2.99. The summed E-state index contributed by atoms with van der Waals surface area (Å²) in [6, 6.07) is 2.65. The summed E-state index contributed by atoms with van der Waals surface area (Å²) in [5.74, 6) is -1.000. The molecule has 2 heterocycles. The molecule has 18 heavy (non-hydrogen) atoms. The van der Waals surface area contributed by atoms with Crippen LogP contribution in [0.25, 0.3) is 0 Å². The number of nitrogens with zero attached hydrogens (tertiary/aromatic N) is 1. The third-order valence-electron chi connectivity index (χ3n) is 2.82. The average molecular weight is 247 g/mol. The normalized spacial score (nSPS) is 19.5. The summed E-state index contributed by atoms with van der Waals surface area (Å²) in [4.78, 5) is 24.8. The summed E-state index contributed by atoms with van der Waals surface area (Å²) < 4.78 is 5.25. The highest BCUT2D eigenvalue weighted by molar-refractivity contribution is 6.07. The second-order valence-corrected chi connectivity index (χ2v) is 3.98. The summed E-state index contributed by atoms with van der Waals surface area (Å²) in [7, 11) is 0. The van der Waals surface area contributed by atoms with E-state index in [0.717, 1.165) is 0 Å². The fourth-order valence-corrected chi connectivity index (χ4v) is 2.08. The van der Waals surface area contributed by atoms with Gasteiger partial charge in [-0.05, 0) is 19.1 Å². The van der Waals surface area contributed by atoms with Gasteiger partial charge in [0.25, 0.3) is 5.91 Å². The van der Waals surface area contributed by atoms with Crippen LogP contribution in [-0.4, -0.2) is 28.2 Å². The summed E-state index contributed by atoms with van der Waals surface area (Å²) >= 11 is 0. The third-order valence-corrected chi connectivity index (χ3v) is 2.82. The molecule has 0 saturated carbocycles. The Labute approximate surface area is 104 Å². The number of carbonyl (C=O) groups is 2. The van der Waals surface area contributed by atoms with Gasteiger partial charge in [0.1, 0.15) is 11.8 Å². The van der Waals surface area contributed by atoms with Crippen molar-refractivity contribution in [1.82, 2.24) is 4.90 Å². The zero-order valence-electron chi connectivity index (χ0n) is 9.92. The number of furan rings is 1. The highest BCUT2D eigenvalue weighted by atomic mass is 16.3. The molecule has 1 amide bonds. The second-order valence-electron chi connectivity index (χ2n) is 3.98. The van der Waals surface area contributed by atoms with Crippen molar-refractivity contribution < 1.29 is 19.1 Å². The number of aliphatic hydroxyl groups is 1. The maximum Gasteiger partial charge on any atom is 0.290 e. The minimum Gasteiger partial charge on any atom is -0.503 e. The van der Waals surface area contributed by atoms with Crippen LogP contribution in [0, 0.1) is 0 Å². The lowest BCUT2D eigenvalue weighted by Crippen LogP contribution is -2.30. The number of Topliss-reactive ketones (excluding diaryl/α,β-unsaturated/α-hetero) is 1. The number of hydrogen-bond donors (Lipinski definition) is 1. The smallest absolute Gasteiger partial charge is 0.290 e. The predicted octanol–water partition coefficient (Wildman–Crippen LogP) is 1.75. The molecule has 0 bridgehead atoms. The SMILES string of the molecule is C=CCN1C(=O)C(O)=C(C(C)=O)C1c1ccco1. The number of amides is 1. The van der Waals surface area contributed by atoms with E-state index in [-0.39, 0.29) is 17.9 Å². The van der Waals surface area contributed by atoms with Crippen LogP contribution in [0.2, 0.25) is 0 Å². The van der Waals surface area contributed by atoms with Crippen molar-refractivity contribution in [2.24, 2.45) is 0 Å². The van der Waals surface area contributed by atoms with E-state index in [4.69, 9.17) is 4.42 Å². The van der Waals surface area contributed by atoms with Crippen molar-refractivity contribution in [2.45, 2.75) is 13.0 Å². The molecule has 0 fully saturated rings. The van der Waals surface area contributed by atoms with Crippen LogP contribution in [0.1, 0.15) is 18.7 Å². The molecule has 2 rings (SSSR count). The Balaban J connectivity index is 2.51. The molecule has 0 spiro atoms. The van der Waals surface area contributed by atoms with Gasteiger partial charge in [0.2, 0.25) is 0 Å². The molecule has 1 N–H and O–H groups in total. The Bertz CT molecular complexity index is 527. The highest BCUT2D eigenvalue weighted by Gasteiger charge is 2.43. The molecule has 1 aromatic heterocycles. The van der Waals surface area contributed by atoms with E-state index in [2.05, 4.69) is 6.58 Å². The Morgan fingerprint density at radius 2 is 2.39 bits per heavy atom. The Kier molecular flexibility index (Phi) is 3.06. The first-order valence-corrected chi connectivity index (χ1v) is 5.47. The van der Waals surface area contributed by atoms with Gasteiger partial charge in [-0.3, -0.25) is 9.59 Å². The van der Waals surface area contributed by atoms with E-state index >= 15 is 0 Å². The van der Waals surface area contributed by atoms with Crippen molar-refractivity contribution in [3.05, 3.63) is 48.1 Å². The minimum atomic E-state index is -0.678. The first kappa shape index (κ1) is 12.2. The van der Waals surface area contributed by atoms with E-state index < -0.39 is 17.7 Å². The monoisotopic (exact) mass is 247 g/mol. The van der Waals surface area contributed by atoms with Gasteiger partial charge in [0, 0.05) is 6.54 Å². The maximum absolute atomic E-state index is 11.9. The van der Waals surface area contributed by atoms with Crippen LogP contribution in [-0.2, 0) is 9.59 Å². The van der Waals surface area contributed by atoms with Crippen molar-refractivity contribution in [3.8, 4) is 0 Å². The van der Waals surface area contributed by atoms with E-state index in [0.29, 0.717) is 5.76 Å². The van der Waals surface area contributed by atoms with Crippen molar-refractivity contribution in [1.29, 1.82) is 0 Å². The number of aliphatic hydroxyl groups excluding tert-OH is 1. The first-order chi connectivity index (χ1) is 8.57. The Hall–Kier alpha value is -2.30. The Morgan fingerprint density at radius 3 is 2.89 bits per heavy atom. The molecule has 5 nitrogen and oxygen atoms in total. The van der Waals surface area contributed by atoms with Gasteiger partial charge in [0.05, 0.1) is 11.8 Å². The van der Waals surface area contributed by atoms with Crippen LogP contribution in [0.15, 0.2) is 46.8 Å². The van der Waals surface area contributed by atoms with E-state index in [9.17, 15) is 14.7 Å². The predicted molar refractivity (Wildman–Crippen MR) is 63.7 cm³/mol. The van der Waals surface area contributed by atoms with Gasteiger partial charge in [-0.1, -0.05) is 6.08 Å². The van der Waals surface area contributed by atoms with Gasteiger partial charge >= 0.3 is 0 Å². The fourth-order valence-electron chi connectivity index (χ4n) is 2.08. The third kappa shape index (κ3) is 1.73. The molecule has 94 valence electrons. The van der Waals surface area contributed by atoms with Crippen LogP contribution in [0.5, 0.6) is 0 Å². The lowest BCUT2D eigenvalue weighted by molar-refractivity contribution is -0.129. The van der Waals surface area contributed by atoms with Gasteiger partial charge in [0.15, 0.2) is 11.5 Å². The molecule has 0 radical (unpaired) electrons. The standard InChI is InChI=1S/C13H13NO4/c1-3-6-14-11(9-5-4-7-18-9)10(8(2)15)12(16)13(14)17/h3-5,7,11,16H,1,6H2,2H3. The van der Waals surface area contributed by atoms with E-state index in [1.54, 1.807) is 12.1 Å². The largest absolute Gasteiger partial charge is 0.503 e. The fraction of sp³-hybridized carbons (Fsp3) is 0.231. The highest BCUT2D eigenvalue weighted by Crippen LogP contribution is 2.37. The summed E-state index contributed by atoms with van der Waals surface area (Å²) in [6.45, 7) is 5.10. The van der Waals surface area contributed by atoms with Crippen molar-refractivity contribution in [3.63, 3.8) is 0 Å². The molecule has 1 aliphatic rings. The number of ketones is 1. The number of carbonyl (C=O) groups excluding carboxylic acids is 2. The number of hydrogen-bond acceptors (Lipinski definition) is 4. The molecular weight excluding hydrogens is 234 g/mol. The Morgan fingerprint density at radius 1 is 1.67 bits per heavy atom. The maximum atomic E-state index is 11.9. The average Bonchev–Trinajstić information content (AvgIpc) is 2.91. The van der Waals surface area contributed by atoms with Gasteiger partial charge < -0.3 is 14.4 Å². The molecule has 0 saturated heterocycles. The molecule has 0 aliphatic carbocycles. The van der Waals surface area contributed by atoms with Crippen LogP contribution >= 0.6 is 0 Å². The molecular formula is C13H13NO4. The molecule has 1 aliphatic heterocycles.